The fourth-order valence-electron chi connectivity index (χ4n) is 1.71. The van der Waals surface area contributed by atoms with Crippen molar-refractivity contribution in [1.82, 2.24) is 0 Å². The van der Waals surface area contributed by atoms with Gasteiger partial charge in [0.1, 0.15) is 11.4 Å². The first-order chi connectivity index (χ1) is 9.88. The molecule has 0 spiro atoms. The van der Waals surface area contributed by atoms with Crippen LogP contribution in [0, 0.1) is 17.0 Å². The molecule has 0 aliphatic heterocycles. The van der Waals surface area contributed by atoms with Gasteiger partial charge in [-0.05, 0) is 36.8 Å². The highest BCUT2D eigenvalue weighted by Crippen LogP contribution is 2.29. The first-order valence-corrected chi connectivity index (χ1v) is 6.72. The van der Waals surface area contributed by atoms with Crippen molar-refractivity contribution >= 4 is 33.2 Å². The van der Waals surface area contributed by atoms with E-state index in [4.69, 9.17) is 0 Å². The summed E-state index contributed by atoms with van der Waals surface area (Å²) in [6.45, 7) is 1.89. The largest absolute Gasteiger partial charge is 0.508 e. The summed E-state index contributed by atoms with van der Waals surface area (Å²) in [7, 11) is 0. The second-order valence-electron chi connectivity index (χ2n) is 4.38. The lowest BCUT2D eigenvalue weighted by Gasteiger charge is -2.07. The lowest BCUT2D eigenvalue weighted by Crippen LogP contribution is -2.13. The van der Waals surface area contributed by atoms with E-state index < -0.39 is 10.8 Å². The van der Waals surface area contributed by atoms with Gasteiger partial charge in [0, 0.05) is 10.0 Å². The summed E-state index contributed by atoms with van der Waals surface area (Å²) in [5.74, 6) is -0.706. The molecule has 0 saturated heterocycles. The van der Waals surface area contributed by atoms with Crippen molar-refractivity contribution in [2.24, 2.45) is 0 Å². The van der Waals surface area contributed by atoms with Gasteiger partial charge in [0.2, 0.25) is 0 Å². The van der Waals surface area contributed by atoms with Crippen molar-refractivity contribution in [2.75, 3.05) is 5.32 Å². The standard InChI is InChI=1S/C14H11BrN2O4/c1-8-2-3-9(6-11(8)15)14(19)16-12-5-4-10(18)7-13(12)17(20)21/h2-7,18H,1H3,(H,16,19). The molecule has 2 aromatic rings. The van der Waals surface area contributed by atoms with E-state index in [1.165, 1.54) is 12.1 Å². The number of hydrogen-bond acceptors (Lipinski definition) is 4. The van der Waals surface area contributed by atoms with Gasteiger partial charge in [-0.2, -0.15) is 0 Å². The molecule has 2 rings (SSSR count). The average Bonchev–Trinajstić information content (AvgIpc) is 2.43. The smallest absolute Gasteiger partial charge is 0.296 e. The van der Waals surface area contributed by atoms with Crippen LogP contribution in [-0.4, -0.2) is 15.9 Å². The van der Waals surface area contributed by atoms with Crippen molar-refractivity contribution < 1.29 is 14.8 Å². The molecule has 1 amide bonds. The van der Waals surface area contributed by atoms with Crippen LogP contribution in [0.2, 0.25) is 0 Å². The molecule has 6 nitrogen and oxygen atoms in total. The molecule has 0 unspecified atom stereocenters. The molecule has 2 aromatic carbocycles. The number of phenolic OH excluding ortho intramolecular Hbond substituents is 1. The third-order valence-corrected chi connectivity index (χ3v) is 3.71. The first-order valence-electron chi connectivity index (χ1n) is 5.93. The molecule has 0 saturated carbocycles. The molecule has 0 atom stereocenters. The number of halogens is 1. The second kappa shape index (κ2) is 5.92. The van der Waals surface area contributed by atoms with E-state index in [9.17, 15) is 20.0 Å². The van der Waals surface area contributed by atoms with E-state index in [2.05, 4.69) is 21.2 Å². The molecule has 0 bridgehead atoms. The zero-order valence-corrected chi connectivity index (χ0v) is 12.5. The van der Waals surface area contributed by atoms with Gasteiger partial charge in [0.15, 0.2) is 0 Å². The number of nitro benzene ring substituents is 1. The number of nitrogens with one attached hydrogen (secondary N) is 1. The summed E-state index contributed by atoms with van der Waals surface area (Å²) in [5, 5.41) is 22.7. The maximum absolute atomic E-state index is 12.1. The van der Waals surface area contributed by atoms with Crippen molar-refractivity contribution in [2.45, 2.75) is 6.92 Å². The van der Waals surface area contributed by atoms with Crippen LogP contribution < -0.4 is 5.32 Å². The van der Waals surface area contributed by atoms with E-state index in [-0.39, 0.29) is 17.1 Å². The van der Waals surface area contributed by atoms with Crippen molar-refractivity contribution in [3.05, 3.63) is 62.1 Å². The van der Waals surface area contributed by atoms with E-state index in [0.717, 1.165) is 16.1 Å². The predicted octanol–water partition coefficient (Wildman–Crippen LogP) is 3.62. The summed E-state index contributed by atoms with van der Waals surface area (Å²) >= 11 is 3.33. The third kappa shape index (κ3) is 3.38. The summed E-state index contributed by atoms with van der Waals surface area (Å²) in [5.41, 5.74) is 1.01. The molecule has 0 aliphatic carbocycles. The Bertz CT molecular complexity index is 731. The van der Waals surface area contributed by atoms with Crippen LogP contribution in [0.4, 0.5) is 11.4 Å². The van der Waals surface area contributed by atoms with Crippen LogP contribution in [0.25, 0.3) is 0 Å². The minimum Gasteiger partial charge on any atom is -0.508 e. The number of nitro groups is 1. The van der Waals surface area contributed by atoms with E-state index in [1.807, 2.05) is 6.92 Å². The molecule has 21 heavy (non-hydrogen) atoms. The number of amides is 1. The highest BCUT2D eigenvalue weighted by molar-refractivity contribution is 9.10. The van der Waals surface area contributed by atoms with E-state index in [0.29, 0.717) is 5.56 Å². The predicted molar refractivity (Wildman–Crippen MR) is 81.6 cm³/mol. The molecule has 7 heteroatoms. The summed E-state index contributed by atoms with van der Waals surface area (Å²) < 4.78 is 0.773. The number of hydrogen-bond donors (Lipinski definition) is 2. The number of anilines is 1. The van der Waals surface area contributed by atoms with Gasteiger partial charge in [-0.1, -0.05) is 22.0 Å². The zero-order chi connectivity index (χ0) is 15.6. The minimum absolute atomic E-state index is 0.0273. The first kappa shape index (κ1) is 15.0. The maximum atomic E-state index is 12.1. The molecule has 0 radical (unpaired) electrons. The number of phenols is 1. The fourth-order valence-corrected chi connectivity index (χ4v) is 2.08. The van der Waals surface area contributed by atoms with Gasteiger partial charge >= 0.3 is 0 Å². The van der Waals surface area contributed by atoms with Crippen LogP contribution in [0.1, 0.15) is 15.9 Å². The lowest BCUT2D eigenvalue weighted by atomic mass is 10.1. The van der Waals surface area contributed by atoms with Crippen molar-refractivity contribution in [3.8, 4) is 5.75 Å². The van der Waals surface area contributed by atoms with Crippen molar-refractivity contribution in [3.63, 3.8) is 0 Å². The van der Waals surface area contributed by atoms with Crippen LogP contribution in [-0.2, 0) is 0 Å². The van der Waals surface area contributed by atoms with Crippen LogP contribution in [0.5, 0.6) is 5.75 Å². The molecular formula is C14H11BrN2O4. The Labute approximate surface area is 128 Å². The summed E-state index contributed by atoms with van der Waals surface area (Å²) in [6, 6.07) is 8.58. The van der Waals surface area contributed by atoms with Crippen LogP contribution >= 0.6 is 15.9 Å². The van der Waals surface area contributed by atoms with Crippen LogP contribution in [0.15, 0.2) is 40.9 Å². The fraction of sp³-hybridized carbons (Fsp3) is 0.0714. The van der Waals surface area contributed by atoms with Crippen molar-refractivity contribution in [1.29, 1.82) is 0 Å². The Balaban J connectivity index is 2.31. The summed E-state index contributed by atoms with van der Waals surface area (Å²) in [6.07, 6.45) is 0. The molecular weight excluding hydrogens is 340 g/mol. The number of aromatic hydroxyl groups is 1. The Morgan fingerprint density at radius 2 is 2.00 bits per heavy atom. The minimum atomic E-state index is -0.666. The molecule has 2 N–H and O–H groups in total. The number of aryl methyl sites for hydroxylation is 1. The monoisotopic (exact) mass is 350 g/mol. The average molecular weight is 351 g/mol. The number of carbonyl (C=O) groups is 1. The number of benzene rings is 2. The van der Waals surface area contributed by atoms with Gasteiger partial charge in [0.05, 0.1) is 11.0 Å². The molecule has 0 aliphatic rings. The van der Waals surface area contributed by atoms with Gasteiger partial charge < -0.3 is 10.4 Å². The lowest BCUT2D eigenvalue weighted by molar-refractivity contribution is -0.384. The SMILES string of the molecule is Cc1ccc(C(=O)Nc2ccc(O)cc2[N+](=O)[O-])cc1Br. The topological polar surface area (TPSA) is 92.5 Å². The Morgan fingerprint density at radius 1 is 1.29 bits per heavy atom. The molecule has 0 aromatic heterocycles. The quantitative estimate of drug-likeness (QED) is 0.502. The highest BCUT2D eigenvalue weighted by atomic mass is 79.9. The Kier molecular flexibility index (Phi) is 4.23. The third-order valence-electron chi connectivity index (χ3n) is 2.86. The van der Waals surface area contributed by atoms with Gasteiger partial charge in [-0.3, -0.25) is 14.9 Å². The number of rotatable bonds is 3. The normalized spacial score (nSPS) is 10.2. The van der Waals surface area contributed by atoms with Gasteiger partial charge in [-0.15, -0.1) is 0 Å². The Morgan fingerprint density at radius 3 is 2.62 bits per heavy atom. The van der Waals surface area contributed by atoms with E-state index in [1.54, 1.807) is 18.2 Å². The Hall–Kier alpha value is -2.41. The zero-order valence-electron chi connectivity index (χ0n) is 11.0. The summed E-state index contributed by atoms with van der Waals surface area (Å²) in [4.78, 5) is 22.4. The maximum Gasteiger partial charge on any atom is 0.296 e. The van der Waals surface area contributed by atoms with E-state index >= 15 is 0 Å². The highest BCUT2D eigenvalue weighted by Gasteiger charge is 2.17. The van der Waals surface area contributed by atoms with Gasteiger partial charge in [-0.25, -0.2) is 0 Å². The van der Waals surface area contributed by atoms with Gasteiger partial charge in [0.25, 0.3) is 11.6 Å². The number of nitrogens with zero attached hydrogens (tertiary/aromatic N) is 1. The molecule has 0 fully saturated rings. The van der Waals surface area contributed by atoms with Crippen LogP contribution in [0.3, 0.4) is 0 Å². The molecule has 108 valence electrons. The second-order valence-corrected chi connectivity index (χ2v) is 5.23. The number of carbonyl (C=O) groups excluding carboxylic acids is 1. The molecule has 0 heterocycles.